The second kappa shape index (κ2) is 8.09. The minimum atomic E-state index is -4.33. The van der Waals surface area contributed by atoms with Gasteiger partial charge in [-0.05, 0) is 37.0 Å². The van der Waals surface area contributed by atoms with E-state index in [1.165, 1.54) is 4.90 Å². The first-order valence-electron chi connectivity index (χ1n) is 10.7. The zero-order chi connectivity index (χ0) is 22.5. The van der Waals surface area contributed by atoms with Crippen molar-refractivity contribution in [1.29, 1.82) is 0 Å². The second-order valence-electron chi connectivity index (χ2n) is 8.93. The van der Waals surface area contributed by atoms with Crippen LogP contribution in [0.5, 0.6) is 0 Å². The lowest BCUT2D eigenvalue weighted by Gasteiger charge is -2.38. The minimum absolute atomic E-state index is 0.161. The maximum Gasteiger partial charge on any atom is 0.390 e. The highest BCUT2D eigenvalue weighted by molar-refractivity contribution is 5.80. The molecule has 9 heteroatoms. The summed E-state index contributed by atoms with van der Waals surface area (Å²) in [6.45, 7) is -0.422. The van der Waals surface area contributed by atoms with E-state index in [-0.39, 0.29) is 31.2 Å². The number of aromatic nitrogens is 1. The Balaban J connectivity index is 1.80. The third-order valence-electron chi connectivity index (χ3n) is 6.94. The number of halogens is 3. The lowest BCUT2D eigenvalue weighted by Crippen LogP contribution is -2.47. The predicted octanol–water partition coefficient (Wildman–Crippen LogP) is 2.42. The van der Waals surface area contributed by atoms with Crippen LogP contribution in [0, 0.1) is 11.8 Å². The van der Waals surface area contributed by atoms with Crippen molar-refractivity contribution < 1.29 is 23.1 Å². The quantitative estimate of drug-likeness (QED) is 0.766. The summed E-state index contributed by atoms with van der Waals surface area (Å²) in [5.41, 5.74) is 2.03. The largest absolute Gasteiger partial charge is 0.396 e. The van der Waals surface area contributed by atoms with Gasteiger partial charge in [-0.25, -0.2) is 0 Å². The molecule has 31 heavy (non-hydrogen) atoms. The summed E-state index contributed by atoms with van der Waals surface area (Å²) in [5.74, 6) is -1.49. The van der Waals surface area contributed by atoms with Gasteiger partial charge in [0.1, 0.15) is 0 Å². The maximum absolute atomic E-state index is 13.3. The molecule has 1 N–H and O–H groups in total. The average Bonchev–Trinajstić information content (AvgIpc) is 3.30. The van der Waals surface area contributed by atoms with E-state index in [1.54, 1.807) is 35.7 Å². The third kappa shape index (κ3) is 3.82. The van der Waals surface area contributed by atoms with Crippen molar-refractivity contribution in [3.8, 4) is 0 Å². The van der Waals surface area contributed by atoms with Crippen LogP contribution in [-0.4, -0.2) is 64.8 Å². The molecule has 3 heterocycles. The number of carbonyl (C=O) groups excluding carboxylic acids is 1. The molecular weight excluding hydrogens is 411 g/mol. The number of hydrogen-bond donors (Lipinski definition) is 1. The van der Waals surface area contributed by atoms with E-state index in [9.17, 15) is 27.9 Å². The van der Waals surface area contributed by atoms with Crippen molar-refractivity contribution in [1.82, 2.24) is 14.4 Å². The monoisotopic (exact) mass is 439 g/mol. The van der Waals surface area contributed by atoms with E-state index in [0.29, 0.717) is 11.3 Å². The molecule has 1 aromatic heterocycles. The number of hydrogen-bond acceptors (Lipinski definition) is 4. The van der Waals surface area contributed by atoms with Crippen LogP contribution in [-0.2, 0) is 11.3 Å². The van der Waals surface area contributed by atoms with Gasteiger partial charge < -0.3 is 14.6 Å². The molecule has 2 aliphatic heterocycles. The summed E-state index contributed by atoms with van der Waals surface area (Å²) in [7, 11) is 3.20. The first kappa shape index (κ1) is 22.1. The van der Waals surface area contributed by atoms with Crippen LogP contribution in [0.3, 0.4) is 0 Å². The number of amides is 1. The molecule has 1 saturated heterocycles. The van der Waals surface area contributed by atoms with Crippen LogP contribution in [0.1, 0.15) is 43.0 Å². The van der Waals surface area contributed by atoms with Crippen molar-refractivity contribution in [2.45, 2.75) is 50.5 Å². The molecule has 0 radical (unpaired) electrons. The maximum atomic E-state index is 13.3. The van der Waals surface area contributed by atoms with Gasteiger partial charge in [-0.1, -0.05) is 6.08 Å². The van der Waals surface area contributed by atoms with E-state index >= 15 is 0 Å². The Bertz CT molecular complexity index is 954. The molecule has 0 spiro atoms. The molecule has 3 aliphatic rings. The highest BCUT2D eigenvalue weighted by Gasteiger charge is 2.56. The molecule has 1 aliphatic carbocycles. The smallest absolute Gasteiger partial charge is 0.390 e. The predicted molar refractivity (Wildman–Crippen MR) is 109 cm³/mol. The lowest BCUT2D eigenvalue weighted by molar-refractivity contribution is -0.141. The Hall–Kier alpha value is -2.13. The highest BCUT2D eigenvalue weighted by atomic mass is 19.4. The molecule has 4 rings (SSSR count). The average molecular weight is 439 g/mol. The van der Waals surface area contributed by atoms with Crippen LogP contribution >= 0.6 is 0 Å². The Morgan fingerprint density at radius 3 is 2.61 bits per heavy atom. The lowest BCUT2D eigenvalue weighted by atomic mass is 9.86. The van der Waals surface area contributed by atoms with Gasteiger partial charge in [0.25, 0.3) is 5.56 Å². The number of fused-ring (bicyclic) bond motifs is 4. The van der Waals surface area contributed by atoms with E-state index in [1.807, 2.05) is 0 Å². The topological polar surface area (TPSA) is 65.8 Å². The van der Waals surface area contributed by atoms with Crippen molar-refractivity contribution in [2.75, 3.05) is 27.2 Å². The van der Waals surface area contributed by atoms with Crippen molar-refractivity contribution in [3.63, 3.8) is 0 Å². The molecule has 0 saturated carbocycles. The van der Waals surface area contributed by atoms with Gasteiger partial charge in [-0.15, -0.1) is 0 Å². The Kier molecular flexibility index (Phi) is 5.76. The Labute approximate surface area is 178 Å². The molecule has 0 aromatic carbocycles. The molecule has 0 unspecified atom stereocenters. The van der Waals surface area contributed by atoms with E-state index in [2.05, 4.69) is 6.08 Å². The fraction of sp³-hybridized carbons (Fsp3) is 0.636. The summed E-state index contributed by atoms with van der Waals surface area (Å²) in [4.78, 5) is 29.5. The highest BCUT2D eigenvalue weighted by Crippen LogP contribution is 2.49. The van der Waals surface area contributed by atoms with E-state index in [0.717, 1.165) is 24.8 Å². The van der Waals surface area contributed by atoms with Crippen LogP contribution in [0.2, 0.25) is 0 Å². The van der Waals surface area contributed by atoms with Gasteiger partial charge in [0.2, 0.25) is 5.91 Å². The van der Waals surface area contributed by atoms with Crippen molar-refractivity contribution in [3.05, 3.63) is 39.8 Å². The van der Waals surface area contributed by atoms with Gasteiger partial charge in [-0.2, -0.15) is 13.2 Å². The molecule has 4 atom stereocenters. The molecule has 170 valence electrons. The fourth-order valence-electron chi connectivity index (χ4n) is 5.52. The van der Waals surface area contributed by atoms with Crippen LogP contribution in [0.15, 0.2) is 23.0 Å². The SMILES string of the molecule is CN(C)C(=O)[C@H]1[C@H](CO)[C@H]2Cn3c(ccc(C4=CCCC4)c3=O)[C@@H]1N2CCC(F)(F)F. The molecular formula is C22H28F3N3O3. The van der Waals surface area contributed by atoms with E-state index < -0.39 is 36.5 Å². The summed E-state index contributed by atoms with van der Waals surface area (Å²) in [5, 5.41) is 10.1. The van der Waals surface area contributed by atoms with Crippen molar-refractivity contribution >= 4 is 11.5 Å². The van der Waals surface area contributed by atoms with Gasteiger partial charge >= 0.3 is 6.18 Å². The second-order valence-corrected chi connectivity index (χ2v) is 8.93. The molecule has 1 aromatic rings. The van der Waals surface area contributed by atoms with Crippen LogP contribution < -0.4 is 5.56 Å². The first-order valence-corrected chi connectivity index (χ1v) is 10.7. The number of carbonyl (C=O) groups is 1. The number of nitrogens with zero attached hydrogens (tertiary/aromatic N) is 3. The van der Waals surface area contributed by atoms with Gasteiger partial charge in [0.05, 0.1) is 18.4 Å². The summed E-state index contributed by atoms with van der Waals surface area (Å²) >= 11 is 0. The van der Waals surface area contributed by atoms with Crippen LogP contribution in [0.25, 0.3) is 5.57 Å². The number of alkyl halides is 3. The molecule has 1 amide bonds. The summed E-state index contributed by atoms with van der Waals surface area (Å²) in [6, 6.07) is 2.35. The van der Waals surface area contributed by atoms with Gasteiger partial charge in [0, 0.05) is 57.0 Å². The number of pyridine rings is 1. The zero-order valence-electron chi connectivity index (χ0n) is 17.7. The summed E-state index contributed by atoms with van der Waals surface area (Å²) in [6.07, 6.45) is -0.509. The number of rotatable bonds is 5. The minimum Gasteiger partial charge on any atom is -0.396 e. The van der Waals surface area contributed by atoms with Gasteiger partial charge in [0.15, 0.2) is 0 Å². The third-order valence-corrected chi connectivity index (χ3v) is 6.94. The number of allylic oxidation sites excluding steroid dienone is 2. The number of aliphatic hydroxyl groups is 1. The summed E-state index contributed by atoms with van der Waals surface area (Å²) < 4.78 is 40.7. The number of aliphatic hydroxyl groups excluding tert-OH is 1. The van der Waals surface area contributed by atoms with Crippen LogP contribution in [0.4, 0.5) is 13.2 Å². The standard InChI is InChI=1S/C22H28F3N3O3/c1-26(2)21(31)18-15(12-29)17-11-28-16(19(18)27(17)10-9-22(23,24)25)8-7-14(20(28)30)13-5-3-4-6-13/h5,7-8,15,17-19,29H,3-4,6,9-12H2,1-2H3/t15-,17-,18+,19+/m1/s1. The molecule has 6 nitrogen and oxygen atoms in total. The van der Waals surface area contributed by atoms with Crippen molar-refractivity contribution in [2.24, 2.45) is 11.8 Å². The zero-order valence-corrected chi connectivity index (χ0v) is 17.7. The Morgan fingerprint density at radius 2 is 2.03 bits per heavy atom. The van der Waals surface area contributed by atoms with E-state index in [4.69, 9.17) is 0 Å². The molecule has 2 bridgehead atoms. The fourth-order valence-corrected chi connectivity index (χ4v) is 5.52. The Morgan fingerprint density at radius 1 is 1.29 bits per heavy atom. The normalized spacial score (nSPS) is 27.9. The first-order chi connectivity index (χ1) is 14.6. The van der Waals surface area contributed by atoms with Gasteiger partial charge in [-0.3, -0.25) is 14.5 Å². The molecule has 1 fully saturated rings.